The third kappa shape index (κ3) is 6.37. The number of hydrogen-bond acceptors (Lipinski definition) is 2. The van der Waals surface area contributed by atoms with Crippen molar-refractivity contribution in [3.8, 4) is 0 Å². The molecule has 1 aromatic carbocycles. The summed E-state index contributed by atoms with van der Waals surface area (Å²) < 4.78 is 18.9. The van der Waals surface area contributed by atoms with Crippen LogP contribution in [0.2, 0.25) is 5.02 Å². The molecule has 0 spiro atoms. The minimum Gasteiger partial charge on any atom is -0.381 e. The molecule has 0 aliphatic carbocycles. The van der Waals surface area contributed by atoms with Gasteiger partial charge in [-0.1, -0.05) is 31.5 Å². The van der Waals surface area contributed by atoms with Crippen LogP contribution in [0, 0.1) is 5.82 Å². The minimum atomic E-state index is -0.350. The van der Waals surface area contributed by atoms with Gasteiger partial charge in [0.2, 0.25) is 0 Å². The van der Waals surface area contributed by atoms with Crippen molar-refractivity contribution in [3.63, 3.8) is 0 Å². The molecule has 1 unspecified atom stereocenters. The van der Waals surface area contributed by atoms with Crippen LogP contribution in [0.25, 0.3) is 0 Å². The van der Waals surface area contributed by atoms with Crippen molar-refractivity contribution in [2.24, 2.45) is 0 Å². The molecule has 0 bridgehead atoms. The standard InChI is InChI=1S/C15H23ClFNO/c1-3-8-19-9-7-13(18-4-2)10-12-5-6-14(16)15(17)11-12/h5-6,11,13,18H,3-4,7-10H2,1-2H3. The third-order valence-corrected chi connectivity index (χ3v) is 3.22. The largest absolute Gasteiger partial charge is 0.381 e. The summed E-state index contributed by atoms with van der Waals surface area (Å²) in [4.78, 5) is 0. The highest BCUT2D eigenvalue weighted by Gasteiger charge is 2.10. The highest BCUT2D eigenvalue weighted by Crippen LogP contribution is 2.17. The van der Waals surface area contributed by atoms with Crippen molar-refractivity contribution in [1.82, 2.24) is 5.32 Å². The van der Waals surface area contributed by atoms with Gasteiger partial charge in [0.1, 0.15) is 5.82 Å². The number of rotatable bonds is 9. The van der Waals surface area contributed by atoms with Crippen LogP contribution in [0.1, 0.15) is 32.3 Å². The van der Waals surface area contributed by atoms with Gasteiger partial charge in [-0.15, -0.1) is 0 Å². The van der Waals surface area contributed by atoms with Crippen LogP contribution < -0.4 is 5.32 Å². The monoisotopic (exact) mass is 287 g/mol. The number of nitrogens with one attached hydrogen (secondary N) is 1. The van der Waals surface area contributed by atoms with Crippen LogP contribution in [0.3, 0.4) is 0 Å². The highest BCUT2D eigenvalue weighted by molar-refractivity contribution is 6.30. The lowest BCUT2D eigenvalue weighted by Gasteiger charge is -2.18. The van der Waals surface area contributed by atoms with Gasteiger partial charge in [0.25, 0.3) is 0 Å². The zero-order chi connectivity index (χ0) is 14.1. The Hall–Kier alpha value is -0.640. The van der Waals surface area contributed by atoms with Crippen LogP contribution in [0.15, 0.2) is 18.2 Å². The molecule has 0 radical (unpaired) electrons. The van der Waals surface area contributed by atoms with Gasteiger partial charge < -0.3 is 10.1 Å². The summed E-state index contributed by atoms with van der Waals surface area (Å²) in [6, 6.07) is 5.31. The Balaban J connectivity index is 2.49. The first-order valence-corrected chi connectivity index (χ1v) is 7.30. The second-order valence-corrected chi connectivity index (χ2v) is 5.02. The van der Waals surface area contributed by atoms with E-state index in [4.69, 9.17) is 16.3 Å². The van der Waals surface area contributed by atoms with Gasteiger partial charge in [0, 0.05) is 19.3 Å². The van der Waals surface area contributed by atoms with Crippen molar-refractivity contribution in [3.05, 3.63) is 34.6 Å². The second kappa shape index (κ2) is 9.29. The normalized spacial score (nSPS) is 12.6. The average Bonchev–Trinajstić information content (AvgIpc) is 2.39. The molecule has 1 atom stereocenters. The Morgan fingerprint density at radius 1 is 1.32 bits per heavy atom. The molecule has 0 heterocycles. The third-order valence-electron chi connectivity index (χ3n) is 2.92. The molecular weight excluding hydrogens is 265 g/mol. The molecule has 19 heavy (non-hydrogen) atoms. The number of hydrogen-bond donors (Lipinski definition) is 1. The maximum absolute atomic E-state index is 13.4. The summed E-state index contributed by atoms with van der Waals surface area (Å²) >= 11 is 5.69. The first-order valence-electron chi connectivity index (χ1n) is 6.92. The number of ether oxygens (including phenoxy) is 1. The molecule has 0 aromatic heterocycles. The highest BCUT2D eigenvalue weighted by atomic mass is 35.5. The van der Waals surface area contributed by atoms with Crippen LogP contribution in [0.4, 0.5) is 4.39 Å². The Labute approximate surface area is 120 Å². The summed E-state index contributed by atoms with van der Waals surface area (Å²) in [7, 11) is 0. The fraction of sp³-hybridized carbons (Fsp3) is 0.600. The van der Waals surface area contributed by atoms with Gasteiger partial charge in [-0.05, 0) is 43.5 Å². The maximum Gasteiger partial charge on any atom is 0.142 e. The van der Waals surface area contributed by atoms with Crippen LogP contribution in [-0.4, -0.2) is 25.8 Å². The van der Waals surface area contributed by atoms with E-state index in [1.807, 2.05) is 6.07 Å². The summed E-state index contributed by atoms with van der Waals surface area (Å²) in [5.41, 5.74) is 0.961. The maximum atomic E-state index is 13.4. The average molecular weight is 288 g/mol. The van der Waals surface area contributed by atoms with Gasteiger partial charge in [0.15, 0.2) is 0 Å². The van der Waals surface area contributed by atoms with Crippen molar-refractivity contribution >= 4 is 11.6 Å². The van der Waals surface area contributed by atoms with E-state index >= 15 is 0 Å². The summed E-state index contributed by atoms with van der Waals surface area (Å²) in [6.45, 7) is 6.60. The van der Waals surface area contributed by atoms with Crippen LogP contribution in [-0.2, 0) is 11.2 Å². The lowest BCUT2D eigenvalue weighted by molar-refractivity contribution is 0.124. The minimum absolute atomic E-state index is 0.176. The van der Waals surface area contributed by atoms with E-state index in [1.54, 1.807) is 6.07 Å². The zero-order valence-electron chi connectivity index (χ0n) is 11.7. The van der Waals surface area contributed by atoms with Crippen molar-refractivity contribution < 1.29 is 9.13 Å². The first kappa shape index (κ1) is 16.4. The number of benzene rings is 1. The molecule has 1 rings (SSSR count). The van der Waals surface area contributed by atoms with Gasteiger partial charge in [-0.3, -0.25) is 0 Å². The van der Waals surface area contributed by atoms with E-state index in [0.29, 0.717) is 6.04 Å². The molecule has 0 amide bonds. The molecule has 1 aromatic rings. The molecule has 0 aliphatic heterocycles. The predicted molar refractivity (Wildman–Crippen MR) is 78.3 cm³/mol. The molecular formula is C15H23ClFNO. The zero-order valence-corrected chi connectivity index (χ0v) is 12.5. The molecule has 1 N–H and O–H groups in total. The fourth-order valence-corrected chi connectivity index (χ4v) is 2.11. The molecule has 0 aliphatic rings. The SMILES string of the molecule is CCCOCCC(Cc1ccc(Cl)c(F)c1)NCC. The Bertz CT molecular complexity index is 373. The number of halogens is 2. The fourth-order valence-electron chi connectivity index (χ4n) is 1.99. The van der Waals surface area contributed by atoms with E-state index in [1.165, 1.54) is 6.07 Å². The van der Waals surface area contributed by atoms with E-state index < -0.39 is 0 Å². The second-order valence-electron chi connectivity index (χ2n) is 4.61. The smallest absolute Gasteiger partial charge is 0.142 e. The lowest BCUT2D eigenvalue weighted by atomic mass is 10.0. The van der Waals surface area contributed by atoms with Crippen molar-refractivity contribution in [1.29, 1.82) is 0 Å². The quantitative estimate of drug-likeness (QED) is 0.697. The molecule has 0 saturated carbocycles. The van der Waals surface area contributed by atoms with E-state index in [2.05, 4.69) is 19.2 Å². The summed E-state index contributed by atoms with van der Waals surface area (Å²) in [6.07, 6.45) is 2.75. The molecule has 0 fully saturated rings. The van der Waals surface area contributed by atoms with Crippen molar-refractivity contribution in [2.75, 3.05) is 19.8 Å². The summed E-state index contributed by atoms with van der Waals surface area (Å²) in [5.74, 6) is -0.350. The predicted octanol–water partition coefficient (Wildman–Crippen LogP) is 3.82. The Morgan fingerprint density at radius 3 is 2.74 bits per heavy atom. The molecule has 108 valence electrons. The topological polar surface area (TPSA) is 21.3 Å². The Morgan fingerprint density at radius 2 is 2.11 bits per heavy atom. The van der Waals surface area contributed by atoms with E-state index in [0.717, 1.165) is 44.6 Å². The van der Waals surface area contributed by atoms with Gasteiger partial charge in [-0.25, -0.2) is 4.39 Å². The molecule has 0 saturated heterocycles. The first-order chi connectivity index (χ1) is 9.17. The molecule has 2 nitrogen and oxygen atoms in total. The summed E-state index contributed by atoms with van der Waals surface area (Å²) in [5, 5.41) is 3.58. The van der Waals surface area contributed by atoms with E-state index in [9.17, 15) is 4.39 Å². The van der Waals surface area contributed by atoms with Crippen LogP contribution >= 0.6 is 11.6 Å². The van der Waals surface area contributed by atoms with Gasteiger partial charge >= 0.3 is 0 Å². The van der Waals surface area contributed by atoms with Crippen LogP contribution in [0.5, 0.6) is 0 Å². The van der Waals surface area contributed by atoms with Gasteiger partial charge in [-0.2, -0.15) is 0 Å². The van der Waals surface area contributed by atoms with Gasteiger partial charge in [0.05, 0.1) is 5.02 Å². The van der Waals surface area contributed by atoms with Crippen molar-refractivity contribution in [2.45, 2.75) is 39.2 Å². The lowest BCUT2D eigenvalue weighted by Crippen LogP contribution is -2.32. The Kier molecular flexibility index (Phi) is 8.03. The molecule has 4 heteroatoms. The number of likely N-dealkylation sites (N-methyl/N-ethyl adjacent to an activating group) is 1. The van der Waals surface area contributed by atoms with E-state index in [-0.39, 0.29) is 10.8 Å².